The lowest BCUT2D eigenvalue weighted by atomic mass is 10.1. The van der Waals surface area contributed by atoms with Crippen LogP contribution >= 0.6 is 0 Å². The highest BCUT2D eigenvalue weighted by molar-refractivity contribution is 5.95. The van der Waals surface area contributed by atoms with Crippen LogP contribution in [0, 0.1) is 0 Å². The van der Waals surface area contributed by atoms with Gasteiger partial charge in [-0.25, -0.2) is 9.59 Å². The van der Waals surface area contributed by atoms with E-state index in [2.05, 4.69) is 15.6 Å². The van der Waals surface area contributed by atoms with E-state index in [4.69, 9.17) is 16.2 Å². The molecule has 0 unspecified atom stereocenters. The molecule has 0 saturated carbocycles. The number of hydrogen-bond acceptors (Lipinski definition) is 5. The number of ether oxygens (including phenoxy) is 1. The van der Waals surface area contributed by atoms with E-state index in [1.807, 2.05) is 6.07 Å². The first-order valence-corrected chi connectivity index (χ1v) is 9.94. The smallest absolute Gasteiger partial charge is 0.408 e. The summed E-state index contributed by atoms with van der Waals surface area (Å²) < 4.78 is 5.00. The predicted molar refractivity (Wildman–Crippen MR) is 119 cm³/mol. The lowest BCUT2D eigenvalue weighted by molar-refractivity contribution is -0.139. The monoisotopic (exact) mass is 455 g/mol. The number of hydrogen-bond donors (Lipinski definition) is 5. The number of guanidine groups is 1. The summed E-state index contributed by atoms with van der Waals surface area (Å²) in [4.78, 5) is 50.6. The van der Waals surface area contributed by atoms with Crippen LogP contribution in [-0.4, -0.2) is 47.5 Å². The summed E-state index contributed by atoms with van der Waals surface area (Å²) in [7, 11) is 0. The number of aliphatic imine (C=N–C) groups is 1. The third-order valence-corrected chi connectivity index (χ3v) is 4.37. The zero-order valence-electron chi connectivity index (χ0n) is 17.7. The number of aryl methyl sites for hydroxylation is 1. The summed E-state index contributed by atoms with van der Waals surface area (Å²) in [5, 5.41) is 14.0. The fourth-order valence-electron chi connectivity index (χ4n) is 2.68. The van der Waals surface area contributed by atoms with Gasteiger partial charge in [0.15, 0.2) is 5.96 Å². The highest BCUT2D eigenvalue weighted by atomic mass is 16.5. The Morgan fingerprint density at radius 3 is 2.24 bits per heavy atom. The maximum atomic E-state index is 12.3. The number of alkyl carbamates (subject to hydrolysis) is 1. The van der Waals surface area contributed by atoms with E-state index in [0.29, 0.717) is 6.42 Å². The second-order valence-electron chi connectivity index (χ2n) is 6.93. The zero-order chi connectivity index (χ0) is 24.2. The first kappa shape index (κ1) is 24.9. The number of nitrogens with two attached hydrogens (primary N) is 2. The van der Waals surface area contributed by atoms with Crippen molar-refractivity contribution in [2.75, 3.05) is 6.54 Å². The number of carbonyl (C=O) groups excluding carboxylic acids is 3. The van der Waals surface area contributed by atoms with Gasteiger partial charge in [0.25, 0.3) is 5.91 Å². The Morgan fingerprint density at radius 2 is 1.64 bits per heavy atom. The molecule has 1 atom stereocenters. The number of amides is 3. The van der Waals surface area contributed by atoms with Crippen LogP contribution in [0.3, 0.4) is 0 Å². The van der Waals surface area contributed by atoms with Gasteiger partial charge in [0.1, 0.15) is 12.6 Å². The second-order valence-corrected chi connectivity index (χ2v) is 6.93. The number of carboxylic acids is 1. The molecule has 11 heteroatoms. The van der Waals surface area contributed by atoms with Crippen molar-refractivity contribution in [3.05, 3.63) is 71.3 Å². The van der Waals surface area contributed by atoms with Crippen LogP contribution < -0.4 is 22.1 Å². The minimum absolute atomic E-state index is 0.0186. The normalized spacial score (nSPS) is 11.0. The molecule has 2 aromatic carbocycles. The van der Waals surface area contributed by atoms with Crippen molar-refractivity contribution in [2.24, 2.45) is 16.5 Å². The van der Waals surface area contributed by atoms with E-state index in [9.17, 15) is 24.3 Å². The number of benzene rings is 2. The van der Waals surface area contributed by atoms with Crippen molar-refractivity contribution in [2.45, 2.75) is 25.5 Å². The molecule has 0 aliphatic rings. The molecule has 0 aliphatic carbocycles. The molecular weight excluding hydrogens is 430 g/mol. The van der Waals surface area contributed by atoms with E-state index in [1.54, 1.807) is 36.4 Å². The SMILES string of the molecule is NC(N)=NC(=O)CCc1ccc(C(=O)NC[C@H](NC(=O)OCc2ccccc2)C(=O)O)cc1. The van der Waals surface area contributed by atoms with Crippen molar-refractivity contribution in [1.29, 1.82) is 0 Å². The number of aliphatic carboxylic acids is 1. The molecular formula is C22H25N5O6. The molecule has 0 heterocycles. The molecule has 2 rings (SSSR count). The number of rotatable bonds is 10. The Hall–Kier alpha value is -4.41. The number of nitrogens with zero attached hydrogens (tertiary/aromatic N) is 1. The molecule has 11 nitrogen and oxygen atoms in total. The molecule has 0 fully saturated rings. The molecule has 7 N–H and O–H groups in total. The van der Waals surface area contributed by atoms with Gasteiger partial charge in [-0.2, -0.15) is 4.99 Å². The lowest BCUT2D eigenvalue weighted by Crippen LogP contribution is -2.48. The van der Waals surface area contributed by atoms with Gasteiger partial charge >= 0.3 is 12.1 Å². The van der Waals surface area contributed by atoms with Crippen molar-refractivity contribution in [1.82, 2.24) is 10.6 Å². The summed E-state index contributed by atoms with van der Waals surface area (Å²) in [6.45, 7) is -0.362. The largest absolute Gasteiger partial charge is 0.480 e. The van der Waals surface area contributed by atoms with Crippen LogP contribution in [0.25, 0.3) is 0 Å². The maximum absolute atomic E-state index is 12.3. The third-order valence-electron chi connectivity index (χ3n) is 4.37. The Bertz CT molecular complexity index is 1000. The fourth-order valence-corrected chi connectivity index (χ4v) is 2.68. The van der Waals surface area contributed by atoms with Crippen molar-refractivity contribution >= 4 is 29.8 Å². The fraction of sp³-hybridized carbons (Fsp3) is 0.227. The maximum Gasteiger partial charge on any atom is 0.408 e. The van der Waals surface area contributed by atoms with E-state index in [-0.39, 0.29) is 31.1 Å². The summed E-state index contributed by atoms with van der Waals surface area (Å²) in [5.74, 6) is -2.60. The number of carbonyl (C=O) groups is 4. The molecule has 3 amide bonds. The van der Waals surface area contributed by atoms with Gasteiger partial charge in [-0.15, -0.1) is 0 Å². The van der Waals surface area contributed by atoms with E-state index < -0.39 is 29.9 Å². The number of carboxylic acid groups (broad SMARTS) is 1. The first-order chi connectivity index (χ1) is 15.7. The van der Waals surface area contributed by atoms with Crippen LogP contribution in [0.5, 0.6) is 0 Å². The van der Waals surface area contributed by atoms with Crippen LogP contribution in [0.2, 0.25) is 0 Å². The Balaban J connectivity index is 1.82. The van der Waals surface area contributed by atoms with Gasteiger partial charge in [0, 0.05) is 18.5 Å². The molecule has 0 spiro atoms. The minimum Gasteiger partial charge on any atom is -0.480 e. The molecule has 174 valence electrons. The molecule has 0 bridgehead atoms. The summed E-state index contributed by atoms with van der Waals surface area (Å²) in [6.07, 6.45) is -0.427. The highest BCUT2D eigenvalue weighted by Crippen LogP contribution is 2.08. The van der Waals surface area contributed by atoms with Crippen LogP contribution in [0.4, 0.5) is 4.79 Å². The zero-order valence-corrected chi connectivity index (χ0v) is 17.7. The third kappa shape index (κ3) is 9.09. The Morgan fingerprint density at radius 1 is 0.970 bits per heavy atom. The molecule has 33 heavy (non-hydrogen) atoms. The van der Waals surface area contributed by atoms with Crippen LogP contribution in [0.1, 0.15) is 27.9 Å². The second kappa shape index (κ2) is 12.4. The van der Waals surface area contributed by atoms with Crippen molar-refractivity contribution in [3.63, 3.8) is 0 Å². The minimum atomic E-state index is -1.38. The van der Waals surface area contributed by atoms with Gasteiger partial charge in [-0.3, -0.25) is 9.59 Å². The van der Waals surface area contributed by atoms with Crippen LogP contribution in [0.15, 0.2) is 59.6 Å². The molecule has 2 aromatic rings. The average Bonchev–Trinajstić information content (AvgIpc) is 2.79. The van der Waals surface area contributed by atoms with E-state index in [1.165, 1.54) is 12.1 Å². The average molecular weight is 455 g/mol. The van der Waals surface area contributed by atoms with Gasteiger partial charge in [-0.05, 0) is 29.7 Å². The molecule has 0 aromatic heterocycles. The van der Waals surface area contributed by atoms with Crippen molar-refractivity contribution in [3.8, 4) is 0 Å². The lowest BCUT2D eigenvalue weighted by Gasteiger charge is -2.15. The predicted octanol–water partition coefficient (Wildman–Crippen LogP) is 0.529. The quantitative estimate of drug-likeness (QED) is 0.253. The Kier molecular flexibility index (Phi) is 9.37. The highest BCUT2D eigenvalue weighted by Gasteiger charge is 2.22. The van der Waals surface area contributed by atoms with E-state index in [0.717, 1.165) is 11.1 Å². The standard InChI is InChI=1S/C22H25N5O6/c23-21(24)27-18(28)11-8-14-6-9-16(10-7-14)19(29)25-12-17(20(30)31)26-22(32)33-13-15-4-2-1-3-5-15/h1-7,9-10,17H,8,11-13H2,(H,25,29)(H,26,32)(H,30,31)(H4,23,24,27,28)/t17-/m0/s1. The van der Waals surface area contributed by atoms with Gasteiger partial charge in [-0.1, -0.05) is 42.5 Å². The van der Waals surface area contributed by atoms with Gasteiger partial charge in [0.2, 0.25) is 5.91 Å². The first-order valence-electron chi connectivity index (χ1n) is 9.94. The van der Waals surface area contributed by atoms with Gasteiger partial charge in [0.05, 0.1) is 0 Å². The number of nitrogens with one attached hydrogen (secondary N) is 2. The van der Waals surface area contributed by atoms with Gasteiger partial charge < -0.3 is 31.9 Å². The topological polar surface area (TPSA) is 186 Å². The van der Waals surface area contributed by atoms with Crippen LogP contribution in [-0.2, 0) is 27.4 Å². The van der Waals surface area contributed by atoms with E-state index >= 15 is 0 Å². The molecule has 0 radical (unpaired) electrons. The molecule has 0 saturated heterocycles. The van der Waals surface area contributed by atoms with Crippen molar-refractivity contribution < 1.29 is 29.0 Å². The molecule has 0 aliphatic heterocycles. The summed E-state index contributed by atoms with van der Waals surface area (Å²) in [6, 6.07) is 13.9. The summed E-state index contributed by atoms with van der Waals surface area (Å²) >= 11 is 0. The Labute approximate surface area is 189 Å². The summed E-state index contributed by atoms with van der Waals surface area (Å²) in [5.41, 5.74) is 12.1.